The molecule has 0 fully saturated rings. The summed E-state index contributed by atoms with van der Waals surface area (Å²) in [6, 6.07) is 7.51. The quantitative estimate of drug-likeness (QED) is 0.548. The molecule has 0 unspecified atom stereocenters. The Morgan fingerprint density at radius 1 is 1.21 bits per heavy atom. The third kappa shape index (κ3) is 6.97. The molecular formula is C16H25NO2. The van der Waals surface area contributed by atoms with Crippen LogP contribution >= 0.6 is 0 Å². The molecule has 0 amide bonds. The summed E-state index contributed by atoms with van der Waals surface area (Å²) in [4.78, 5) is 11.7. The Kier molecular flexibility index (Phi) is 7.91. The monoisotopic (exact) mass is 263 g/mol. The number of hydrogen-bond acceptors (Lipinski definition) is 3. The van der Waals surface area contributed by atoms with Crippen molar-refractivity contribution >= 4 is 5.97 Å². The highest BCUT2D eigenvalue weighted by Gasteiger charge is 2.06. The van der Waals surface area contributed by atoms with Crippen LogP contribution in [0.1, 0.15) is 48.5 Å². The van der Waals surface area contributed by atoms with E-state index in [1.165, 1.54) is 6.42 Å². The summed E-state index contributed by atoms with van der Waals surface area (Å²) < 4.78 is 5.25. The molecule has 3 heteroatoms. The Morgan fingerprint density at radius 3 is 2.79 bits per heavy atom. The largest absolute Gasteiger partial charge is 0.462 e. The summed E-state index contributed by atoms with van der Waals surface area (Å²) in [6.45, 7) is 6.79. The van der Waals surface area contributed by atoms with Crippen molar-refractivity contribution < 1.29 is 9.53 Å². The molecule has 0 saturated heterocycles. The Hall–Kier alpha value is -1.35. The molecule has 1 aromatic carbocycles. The van der Waals surface area contributed by atoms with Crippen LogP contribution in [0, 0.1) is 6.92 Å². The van der Waals surface area contributed by atoms with E-state index in [0.29, 0.717) is 12.2 Å². The van der Waals surface area contributed by atoms with Gasteiger partial charge in [0.1, 0.15) is 0 Å². The molecule has 0 aliphatic heterocycles. The lowest BCUT2D eigenvalue weighted by atomic mass is 10.1. The average molecular weight is 263 g/mol. The Morgan fingerprint density at radius 2 is 2.05 bits per heavy atom. The lowest BCUT2D eigenvalue weighted by Gasteiger charge is -2.06. The normalized spacial score (nSPS) is 10.4. The highest BCUT2D eigenvalue weighted by Crippen LogP contribution is 2.06. The second kappa shape index (κ2) is 9.56. The number of unbranched alkanes of at least 4 members (excludes halogenated alkanes) is 2. The molecule has 19 heavy (non-hydrogen) atoms. The zero-order valence-corrected chi connectivity index (χ0v) is 12.1. The lowest BCUT2D eigenvalue weighted by Crippen LogP contribution is -2.16. The number of nitrogens with one attached hydrogen (secondary N) is 1. The minimum Gasteiger partial charge on any atom is -0.462 e. The number of aryl methyl sites for hydroxylation is 1. The van der Waals surface area contributed by atoms with Gasteiger partial charge in [0.25, 0.3) is 0 Å². The number of rotatable bonds is 9. The summed E-state index contributed by atoms with van der Waals surface area (Å²) in [5.41, 5.74) is 1.72. The number of carbonyl (C=O) groups excluding carboxylic acids is 1. The maximum absolute atomic E-state index is 11.7. The van der Waals surface area contributed by atoms with E-state index in [2.05, 4.69) is 12.2 Å². The molecule has 1 rings (SSSR count). The summed E-state index contributed by atoms with van der Waals surface area (Å²) in [5.74, 6) is -0.215. The van der Waals surface area contributed by atoms with Crippen molar-refractivity contribution in [2.75, 3.05) is 19.7 Å². The predicted molar refractivity (Wildman–Crippen MR) is 78.5 cm³/mol. The number of hydrogen-bond donors (Lipinski definition) is 1. The van der Waals surface area contributed by atoms with Gasteiger partial charge in [-0.3, -0.25) is 0 Å². The van der Waals surface area contributed by atoms with Crippen LogP contribution < -0.4 is 5.32 Å². The molecule has 1 N–H and O–H groups in total. The van der Waals surface area contributed by atoms with E-state index in [0.717, 1.165) is 37.9 Å². The molecule has 0 bridgehead atoms. The molecule has 0 heterocycles. The molecule has 0 aromatic heterocycles. The third-order valence-corrected chi connectivity index (χ3v) is 2.91. The molecule has 0 saturated carbocycles. The number of carbonyl (C=O) groups is 1. The molecule has 0 aliphatic rings. The SMILES string of the molecule is CCCNCCCCCOC(=O)c1cccc(C)c1. The first-order valence-electron chi connectivity index (χ1n) is 7.18. The van der Waals surface area contributed by atoms with Crippen molar-refractivity contribution in [3.63, 3.8) is 0 Å². The molecule has 3 nitrogen and oxygen atoms in total. The van der Waals surface area contributed by atoms with Crippen LogP contribution in [0.5, 0.6) is 0 Å². The van der Waals surface area contributed by atoms with Crippen molar-refractivity contribution in [3.05, 3.63) is 35.4 Å². The zero-order chi connectivity index (χ0) is 13.9. The highest BCUT2D eigenvalue weighted by molar-refractivity contribution is 5.89. The molecule has 0 spiro atoms. The van der Waals surface area contributed by atoms with Crippen LogP contribution in [0.25, 0.3) is 0 Å². The van der Waals surface area contributed by atoms with Crippen LogP contribution in [0.3, 0.4) is 0 Å². The van der Waals surface area contributed by atoms with Gasteiger partial charge in [0.15, 0.2) is 0 Å². The van der Waals surface area contributed by atoms with Crippen LogP contribution in [-0.2, 0) is 4.74 Å². The number of esters is 1. The van der Waals surface area contributed by atoms with Crippen molar-refractivity contribution in [2.45, 2.75) is 39.5 Å². The highest BCUT2D eigenvalue weighted by atomic mass is 16.5. The van der Waals surface area contributed by atoms with Crippen molar-refractivity contribution in [2.24, 2.45) is 0 Å². The lowest BCUT2D eigenvalue weighted by molar-refractivity contribution is 0.0498. The van der Waals surface area contributed by atoms with E-state index in [4.69, 9.17) is 4.74 Å². The zero-order valence-electron chi connectivity index (χ0n) is 12.1. The van der Waals surface area contributed by atoms with Gasteiger partial charge in [-0.25, -0.2) is 4.79 Å². The van der Waals surface area contributed by atoms with Gasteiger partial charge in [-0.15, -0.1) is 0 Å². The van der Waals surface area contributed by atoms with Crippen molar-refractivity contribution in [3.8, 4) is 0 Å². The number of ether oxygens (including phenoxy) is 1. The Labute approximate surface area is 116 Å². The Balaban J connectivity index is 2.08. The van der Waals surface area contributed by atoms with Gasteiger partial charge in [-0.2, -0.15) is 0 Å². The molecule has 0 aliphatic carbocycles. The van der Waals surface area contributed by atoms with E-state index < -0.39 is 0 Å². The topological polar surface area (TPSA) is 38.3 Å². The van der Waals surface area contributed by atoms with E-state index in [9.17, 15) is 4.79 Å². The van der Waals surface area contributed by atoms with E-state index in [-0.39, 0.29) is 5.97 Å². The summed E-state index contributed by atoms with van der Waals surface area (Å²) in [6.07, 6.45) is 4.35. The first-order chi connectivity index (χ1) is 9.24. The average Bonchev–Trinajstić information content (AvgIpc) is 2.41. The van der Waals surface area contributed by atoms with Gasteiger partial charge >= 0.3 is 5.97 Å². The van der Waals surface area contributed by atoms with E-state index in [1.807, 2.05) is 25.1 Å². The van der Waals surface area contributed by atoms with Crippen LogP contribution in [0.4, 0.5) is 0 Å². The molecule has 0 atom stereocenters. The Bertz CT molecular complexity index is 377. The fraction of sp³-hybridized carbons (Fsp3) is 0.562. The van der Waals surface area contributed by atoms with Crippen LogP contribution in [0.2, 0.25) is 0 Å². The summed E-state index contributed by atoms with van der Waals surface area (Å²) in [5, 5.41) is 3.36. The van der Waals surface area contributed by atoms with Gasteiger partial charge in [-0.1, -0.05) is 24.6 Å². The first kappa shape index (κ1) is 15.7. The van der Waals surface area contributed by atoms with Gasteiger partial charge in [-0.05, 0) is 57.8 Å². The minimum absolute atomic E-state index is 0.215. The predicted octanol–water partition coefficient (Wildman–Crippen LogP) is 3.32. The fourth-order valence-electron chi connectivity index (χ4n) is 1.85. The van der Waals surface area contributed by atoms with Crippen molar-refractivity contribution in [1.29, 1.82) is 0 Å². The standard InChI is InChI=1S/C16H25NO2/c1-3-10-17-11-5-4-6-12-19-16(18)15-9-7-8-14(2)13-15/h7-9,13,17H,3-6,10-12H2,1-2H3. The van der Waals surface area contributed by atoms with Crippen molar-refractivity contribution in [1.82, 2.24) is 5.32 Å². The second-order valence-corrected chi connectivity index (χ2v) is 4.82. The van der Waals surface area contributed by atoms with Crippen LogP contribution in [-0.4, -0.2) is 25.7 Å². The van der Waals surface area contributed by atoms with Gasteiger partial charge in [0.05, 0.1) is 12.2 Å². The summed E-state index contributed by atoms with van der Waals surface area (Å²) in [7, 11) is 0. The molecule has 106 valence electrons. The molecule has 1 aromatic rings. The van der Waals surface area contributed by atoms with E-state index >= 15 is 0 Å². The second-order valence-electron chi connectivity index (χ2n) is 4.82. The molecular weight excluding hydrogens is 238 g/mol. The van der Waals surface area contributed by atoms with Gasteiger partial charge < -0.3 is 10.1 Å². The smallest absolute Gasteiger partial charge is 0.338 e. The fourth-order valence-corrected chi connectivity index (χ4v) is 1.85. The van der Waals surface area contributed by atoms with Gasteiger partial charge in [0.2, 0.25) is 0 Å². The molecule has 0 radical (unpaired) electrons. The maximum atomic E-state index is 11.7. The number of benzene rings is 1. The maximum Gasteiger partial charge on any atom is 0.338 e. The summed E-state index contributed by atoms with van der Waals surface area (Å²) >= 11 is 0. The minimum atomic E-state index is -0.215. The third-order valence-electron chi connectivity index (χ3n) is 2.91. The van der Waals surface area contributed by atoms with E-state index in [1.54, 1.807) is 6.07 Å². The van der Waals surface area contributed by atoms with Crippen LogP contribution in [0.15, 0.2) is 24.3 Å². The van der Waals surface area contributed by atoms with Gasteiger partial charge in [0, 0.05) is 0 Å². The first-order valence-corrected chi connectivity index (χ1v) is 7.18.